The Labute approximate surface area is 65.9 Å². The van der Waals surface area contributed by atoms with Gasteiger partial charge >= 0.3 is 0 Å². The van der Waals surface area contributed by atoms with Gasteiger partial charge in [0.2, 0.25) is 0 Å². The molecule has 0 aromatic heterocycles. The van der Waals surface area contributed by atoms with Crippen molar-refractivity contribution in [2.45, 2.75) is 12.1 Å². The van der Waals surface area contributed by atoms with E-state index in [2.05, 4.69) is 5.32 Å². The fourth-order valence-corrected chi connectivity index (χ4v) is 2.49. The minimum atomic E-state index is -3.18. The van der Waals surface area contributed by atoms with Gasteiger partial charge < -0.3 is 5.32 Å². The average molecular weight is 181 g/mol. The molecule has 11 heavy (non-hydrogen) atoms. The summed E-state index contributed by atoms with van der Waals surface area (Å²) in [5, 5.41) is 2.80. The van der Waals surface area contributed by atoms with Crippen LogP contribution in [0.4, 0.5) is 4.39 Å². The van der Waals surface area contributed by atoms with Crippen molar-refractivity contribution in [3.05, 3.63) is 0 Å². The summed E-state index contributed by atoms with van der Waals surface area (Å²) in [4.78, 5) is 0. The summed E-state index contributed by atoms with van der Waals surface area (Å²) in [5.74, 6) is -0.354. The van der Waals surface area contributed by atoms with Crippen molar-refractivity contribution in [1.82, 2.24) is 5.32 Å². The summed E-state index contributed by atoms with van der Waals surface area (Å²) in [6.07, 6.45) is 1.37. The summed E-state index contributed by atoms with van der Waals surface area (Å²) in [7, 11) is -3.18. The first-order chi connectivity index (χ1) is 4.91. The van der Waals surface area contributed by atoms with Gasteiger partial charge in [-0.3, -0.25) is 0 Å². The highest BCUT2D eigenvalue weighted by Crippen LogP contribution is 2.21. The van der Waals surface area contributed by atoms with E-state index in [0.29, 0.717) is 13.0 Å². The van der Waals surface area contributed by atoms with Crippen LogP contribution in [0.1, 0.15) is 6.42 Å². The average Bonchev–Trinajstić information content (AvgIpc) is 2.09. The van der Waals surface area contributed by atoms with Gasteiger partial charge in [-0.2, -0.15) is 0 Å². The van der Waals surface area contributed by atoms with E-state index in [9.17, 15) is 12.8 Å². The van der Waals surface area contributed by atoms with Crippen LogP contribution in [-0.4, -0.2) is 39.2 Å². The highest BCUT2D eigenvalue weighted by molar-refractivity contribution is 7.90. The Morgan fingerprint density at radius 1 is 1.64 bits per heavy atom. The molecule has 66 valence electrons. The first kappa shape index (κ1) is 8.93. The van der Waals surface area contributed by atoms with Crippen LogP contribution < -0.4 is 5.32 Å². The molecular formula is C6H12FNO2S. The van der Waals surface area contributed by atoms with E-state index in [1.165, 1.54) is 0 Å². The first-order valence-electron chi connectivity index (χ1n) is 3.49. The Hall–Kier alpha value is -0.160. The largest absolute Gasteiger partial charge is 0.313 e. The minimum absolute atomic E-state index is 0.167. The van der Waals surface area contributed by atoms with E-state index in [1.807, 2.05) is 0 Å². The Bertz CT molecular complexity index is 231. The van der Waals surface area contributed by atoms with Gasteiger partial charge in [0.05, 0.1) is 5.75 Å². The molecule has 0 aromatic carbocycles. The normalized spacial score (nSPS) is 32.5. The monoisotopic (exact) mass is 181 g/mol. The Morgan fingerprint density at radius 2 is 2.27 bits per heavy atom. The fraction of sp³-hybridized carbons (Fsp3) is 1.00. The zero-order valence-electron chi connectivity index (χ0n) is 6.43. The highest BCUT2D eigenvalue weighted by atomic mass is 32.2. The van der Waals surface area contributed by atoms with Gasteiger partial charge in [0, 0.05) is 12.8 Å². The predicted molar refractivity (Wildman–Crippen MR) is 41.0 cm³/mol. The number of rotatable bonds is 2. The third kappa shape index (κ3) is 2.75. The van der Waals surface area contributed by atoms with Crippen LogP contribution in [0.5, 0.6) is 0 Å². The SMILES string of the molecule is CS(=O)(=O)CC1(F)CCNC1. The molecule has 0 saturated carbocycles. The molecule has 1 aliphatic rings. The standard InChI is InChI=1S/C6H12FNO2S/c1-11(9,10)5-6(7)2-3-8-4-6/h8H,2-5H2,1H3. The summed E-state index contributed by atoms with van der Waals surface area (Å²) in [5.41, 5.74) is -1.52. The van der Waals surface area contributed by atoms with E-state index in [0.717, 1.165) is 6.26 Å². The second-order valence-electron chi connectivity index (χ2n) is 3.15. The molecule has 3 nitrogen and oxygen atoms in total. The Morgan fingerprint density at radius 3 is 2.64 bits per heavy atom. The molecule has 1 heterocycles. The maximum absolute atomic E-state index is 13.4. The lowest BCUT2D eigenvalue weighted by atomic mass is 10.1. The predicted octanol–water partition coefficient (Wildman–Crippen LogP) is -0.267. The summed E-state index contributed by atoms with van der Waals surface area (Å²) >= 11 is 0. The van der Waals surface area contributed by atoms with Crippen molar-refractivity contribution in [1.29, 1.82) is 0 Å². The van der Waals surface area contributed by atoms with Crippen LogP contribution in [0.25, 0.3) is 0 Å². The van der Waals surface area contributed by atoms with Crippen molar-refractivity contribution in [3.8, 4) is 0 Å². The molecule has 1 rings (SSSR count). The van der Waals surface area contributed by atoms with Gasteiger partial charge in [-0.25, -0.2) is 12.8 Å². The van der Waals surface area contributed by atoms with E-state index in [-0.39, 0.29) is 12.3 Å². The van der Waals surface area contributed by atoms with Gasteiger partial charge in [0.1, 0.15) is 5.67 Å². The molecule has 1 N–H and O–H groups in total. The van der Waals surface area contributed by atoms with Gasteiger partial charge in [0.25, 0.3) is 0 Å². The molecule has 5 heteroatoms. The first-order valence-corrected chi connectivity index (χ1v) is 5.55. The van der Waals surface area contributed by atoms with Crippen LogP contribution in [0.3, 0.4) is 0 Å². The smallest absolute Gasteiger partial charge is 0.150 e. The minimum Gasteiger partial charge on any atom is -0.313 e. The zero-order chi connectivity index (χ0) is 8.54. The van der Waals surface area contributed by atoms with E-state index < -0.39 is 15.5 Å². The van der Waals surface area contributed by atoms with Crippen LogP contribution in [0.2, 0.25) is 0 Å². The summed E-state index contributed by atoms with van der Waals surface area (Å²) in [6.45, 7) is 0.742. The molecular weight excluding hydrogens is 169 g/mol. The molecule has 1 atom stereocenters. The number of alkyl halides is 1. The number of hydrogen-bond donors (Lipinski definition) is 1. The molecule has 0 radical (unpaired) electrons. The number of halogens is 1. The molecule has 0 amide bonds. The maximum atomic E-state index is 13.4. The molecule has 1 saturated heterocycles. The fourth-order valence-electron chi connectivity index (χ4n) is 1.31. The Balaban J connectivity index is 2.60. The molecule has 1 aliphatic heterocycles. The molecule has 1 fully saturated rings. The van der Waals surface area contributed by atoms with Crippen molar-refractivity contribution in [2.24, 2.45) is 0 Å². The van der Waals surface area contributed by atoms with E-state index in [1.54, 1.807) is 0 Å². The Kier molecular flexibility index (Phi) is 2.20. The lowest BCUT2D eigenvalue weighted by Crippen LogP contribution is -2.34. The van der Waals surface area contributed by atoms with E-state index >= 15 is 0 Å². The van der Waals surface area contributed by atoms with Gasteiger partial charge in [-0.05, 0) is 13.0 Å². The third-order valence-corrected chi connectivity index (χ3v) is 2.75. The van der Waals surface area contributed by atoms with Crippen LogP contribution in [0, 0.1) is 0 Å². The zero-order valence-corrected chi connectivity index (χ0v) is 7.25. The number of sulfone groups is 1. The van der Waals surface area contributed by atoms with Crippen molar-refractivity contribution >= 4 is 9.84 Å². The molecule has 0 bridgehead atoms. The quantitative estimate of drug-likeness (QED) is 0.638. The molecule has 1 unspecified atom stereocenters. The topological polar surface area (TPSA) is 46.2 Å². The van der Waals surface area contributed by atoms with Gasteiger partial charge in [-0.1, -0.05) is 0 Å². The lowest BCUT2D eigenvalue weighted by Gasteiger charge is -2.15. The van der Waals surface area contributed by atoms with Crippen LogP contribution in [-0.2, 0) is 9.84 Å². The van der Waals surface area contributed by atoms with Gasteiger partial charge in [-0.15, -0.1) is 0 Å². The number of hydrogen-bond acceptors (Lipinski definition) is 3. The van der Waals surface area contributed by atoms with Crippen molar-refractivity contribution in [3.63, 3.8) is 0 Å². The van der Waals surface area contributed by atoms with Crippen LogP contribution in [0.15, 0.2) is 0 Å². The van der Waals surface area contributed by atoms with Gasteiger partial charge in [0.15, 0.2) is 9.84 Å². The van der Waals surface area contributed by atoms with Crippen LogP contribution >= 0.6 is 0 Å². The molecule has 0 aromatic rings. The second-order valence-corrected chi connectivity index (χ2v) is 5.29. The van der Waals surface area contributed by atoms with Crippen molar-refractivity contribution < 1.29 is 12.8 Å². The lowest BCUT2D eigenvalue weighted by molar-refractivity contribution is 0.221. The summed E-state index contributed by atoms with van der Waals surface area (Å²) in [6, 6.07) is 0. The van der Waals surface area contributed by atoms with Crippen molar-refractivity contribution in [2.75, 3.05) is 25.1 Å². The summed E-state index contributed by atoms with van der Waals surface area (Å²) < 4.78 is 34.8. The highest BCUT2D eigenvalue weighted by Gasteiger charge is 2.36. The third-order valence-electron chi connectivity index (χ3n) is 1.71. The molecule has 0 aliphatic carbocycles. The maximum Gasteiger partial charge on any atom is 0.150 e. The second kappa shape index (κ2) is 2.71. The number of nitrogens with one attached hydrogen (secondary N) is 1. The molecule has 0 spiro atoms. The van der Waals surface area contributed by atoms with E-state index in [4.69, 9.17) is 0 Å².